The van der Waals surface area contributed by atoms with Gasteiger partial charge in [0.05, 0.1) is 11.4 Å². The molecule has 0 saturated carbocycles. The minimum absolute atomic E-state index is 0.216. The lowest BCUT2D eigenvalue weighted by molar-refractivity contribution is -0.117. The second kappa shape index (κ2) is 5.87. The molecule has 2 aromatic rings. The van der Waals surface area contributed by atoms with Crippen molar-refractivity contribution in [1.29, 1.82) is 0 Å². The van der Waals surface area contributed by atoms with E-state index < -0.39 is 26.7 Å². The number of amides is 1. The molecule has 0 fully saturated rings. The first kappa shape index (κ1) is 15.5. The SMILES string of the molecule is C[C@@H](C(N)=O)S(=O)(=O)Cc1coc(-c2ccc(Cl)cc2)n1. The smallest absolute Gasteiger partial charge is 0.235 e. The van der Waals surface area contributed by atoms with E-state index in [0.29, 0.717) is 10.6 Å². The minimum atomic E-state index is -3.71. The summed E-state index contributed by atoms with van der Waals surface area (Å²) in [4.78, 5) is 15.1. The van der Waals surface area contributed by atoms with Gasteiger partial charge in [-0.15, -0.1) is 0 Å². The predicted molar refractivity (Wildman–Crippen MR) is 78.2 cm³/mol. The van der Waals surface area contributed by atoms with Crippen LogP contribution in [0.2, 0.25) is 5.02 Å². The van der Waals surface area contributed by atoms with Crippen LogP contribution in [0.25, 0.3) is 11.5 Å². The first-order valence-corrected chi connectivity index (χ1v) is 8.10. The minimum Gasteiger partial charge on any atom is -0.444 e. The molecule has 1 amide bonds. The molecule has 8 heteroatoms. The molecule has 0 spiro atoms. The van der Waals surface area contributed by atoms with Crippen molar-refractivity contribution in [2.75, 3.05) is 0 Å². The Hall–Kier alpha value is -1.86. The Labute approximate surface area is 126 Å². The Morgan fingerprint density at radius 1 is 1.38 bits per heavy atom. The molecule has 1 aromatic carbocycles. The number of sulfone groups is 1. The molecule has 1 aromatic heterocycles. The first-order chi connectivity index (χ1) is 9.79. The zero-order valence-corrected chi connectivity index (χ0v) is 12.7. The molecule has 1 heterocycles. The number of rotatable bonds is 5. The van der Waals surface area contributed by atoms with Gasteiger partial charge >= 0.3 is 0 Å². The third-order valence-corrected chi connectivity index (χ3v) is 5.19. The van der Waals surface area contributed by atoms with E-state index >= 15 is 0 Å². The molecule has 2 N–H and O–H groups in total. The molecule has 6 nitrogen and oxygen atoms in total. The fourth-order valence-electron chi connectivity index (χ4n) is 1.61. The molecule has 0 radical (unpaired) electrons. The third kappa shape index (κ3) is 3.62. The number of nitrogens with two attached hydrogens (primary N) is 1. The summed E-state index contributed by atoms with van der Waals surface area (Å²) in [5.41, 5.74) is 5.90. The number of hydrogen-bond acceptors (Lipinski definition) is 5. The molecule has 21 heavy (non-hydrogen) atoms. The van der Waals surface area contributed by atoms with Crippen molar-refractivity contribution < 1.29 is 17.6 Å². The van der Waals surface area contributed by atoms with Crippen LogP contribution < -0.4 is 5.73 Å². The summed E-state index contributed by atoms with van der Waals surface area (Å²) in [5, 5.41) is -0.698. The van der Waals surface area contributed by atoms with Crippen LogP contribution in [0.4, 0.5) is 0 Å². The van der Waals surface area contributed by atoms with Gasteiger partial charge in [-0.1, -0.05) is 11.6 Å². The van der Waals surface area contributed by atoms with Crippen LogP contribution in [-0.2, 0) is 20.4 Å². The number of carbonyl (C=O) groups excluding carboxylic acids is 1. The molecule has 0 aliphatic carbocycles. The quantitative estimate of drug-likeness (QED) is 0.901. The second-order valence-electron chi connectivity index (χ2n) is 4.50. The maximum absolute atomic E-state index is 11.9. The number of aromatic nitrogens is 1. The van der Waals surface area contributed by atoms with E-state index in [0.717, 1.165) is 0 Å². The lowest BCUT2D eigenvalue weighted by Crippen LogP contribution is -2.34. The summed E-state index contributed by atoms with van der Waals surface area (Å²) in [6, 6.07) is 6.76. The third-order valence-electron chi connectivity index (χ3n) is 2.93. The van der Waals surface area contributed by atoms with Gasteiger partial charge in [-0.05, 0) is 31.2 Å². The molecular formula is C13H13ClN2O4S. The molecule has 0 bridgehead atoms. The molecule has 0 aliphatic rings. The topological polar surface area (TPSA) is 103 Å². The Morgan fingerprint density at radius 2 is 2.00 bits per heavy atom. The number of primary amides is 1. The number of hydrogen-bond donors (Lipinski definition) is 1. The van der Waals surface area contributed by atoms with E-state index in [1.807, 2.05) is 0 Å². The van der Waals surface area contributed by atoms with Gasteiger partial charge in [-0.25, -0.2) is 13.4 Å². The second-order valence-corrected chi connectivity index (χ2v) is 7.26. The van der Waals surface area contributed by atoms with Gasteiger partial charge in [-0.2, -0.15) is 0 Å². The summed E-state index contributed by atoms with van der Waals surface area (Å²) < 4.78 is 29.1. The van der Waals surface area contributed by atoms with E-state index in [4.69, 9.17) is 21.8 Å². The van der Waals surface area contributed by atoms with Crippen LogP contribution in [0.15, 0.2) is 34.9 Å². The highest BCUT2D eigenvalue weighted by molar-refractivity contribution is 7.92. The molecule has 0 aliphatic heterocycles. The number of benzene rings is 1. The number of carbonyl (C=O) groups is 1. The summed E-state index contributed by atoms with van der Waals surface area (Å²) in [5.74, 6) is -1.02. The number of oxazole rings is 1. The fraction of sp³-hybridized carbons (Fsp3) is 0.231. The Kier molecular flexibility index (Phi) is 4.34. The Bertz CT molecular complexity index is 753. The summed E-state index contributed by atoms with van der Waals surface area (Å²) >= 11 is 5.78. The summed E-state index contributed by atoms with van der Waals surface area (Å²) in [6.07, 6.45) is 1.25. The van der Waals surface area contributed by atoms with Gasteiger partial charge in [0.25, 0.3) is 0 Å². The highest BCUT2D eigenvalue weighted by Gasteiger charge is 2.27. The average molecular weight is 329 g/mol. The fourth-order valence-corrected chi connectivity index (χ4v) is 2.88. The van der Waals surface area contributed by atoms with Crippen LogP contribution in [0, 0.1) is 0 Å². The van der Waals surface area contributed by atoms with E-state index in [9.17, 15) is 13.2 Å². The molecule has 0 saturated heterocycles. The van der Waals surface area contributed by atoms with Crippen molar-refractivity contribution in [2.24, 2.45) is 5.73 Å². The van der Waals surface area contributed by atoms with Crippen LogP contribution in [-0.4, -0.2) is 24.6 Å². The molecule has 2 rings (SSSR count). The normalized spacial score (nSPS) is 13.0. The maximum atomic E-state index is 11.9. The van der Waals surface area contributed by atoms with Gasteiger partial charge in [0, 0.05) is 10.6 Å². The highest BCUT2D eigenvalue weighted by Crippen LogP contribution is 2.22. The summed E-state index contributed by atoms with van der Waals surface area (Å²) in [7, 11) is -3.71. The van der Waals surface area contributed by atoms with E-state index in [1.165, 1.54) is 13.2 Å². The molecule has 0 unspecified atom stereocenters. The first-order valence-electron chi connectivity index (χ1n) is 6.01. The van der Waals surface area contributed by atoms with Gasteiger partial charge < -0.3 is 10.2 Å². The molecule has 112 valence electrons. The highest BCUT2D eigenvalue weighted by atomic mass is 35.5. The number of nitrogens with zero attached hydrogens (tertiary/aromatic N) is 1. The zero-order valence-electron chi connectivity index (χ0n) is 11.1. The molecule has 1 atom stereocenters. The van der Waals surface area contributed by atoms with Crippen LogP contribution >= 0.6 is 11.6 Å². The molecular weight excluding hydrogens is 316 g/mol. The largest absolute Gasteiger partial charge is 0.444 e. The van der Waals surface area contributed by atoms with Crippen molar-refractivity contribution in [3.05, 3.63) is 41.2 Å². The van der Waals surface area contributed by atoms with Gasteiger partial charge in [0.15, 0.2) is 9.84 Å². The Morgan fingerprint density at radius 3 is 2.57 bits per heavy atom. The summed E-state index contributed by atoms with van der Waals surface area (Å²) in [6.45, 7) is 1.25. The standard InChI is InChI=1S/C13H13ClN2O4S/c1-8(12(15)17)21(18,19)7-11-6-20-13(16-11)9-2-4-10(14)5-3-9/h2-6,8H,7H2,1H3,(H2,15,17)/t8-/m0/s1. The maximum Gasteiger partial charge on any atom is 0.235 e. The number of halogens is 1. The lowest BCUT2D eigenvalue weighted by Gasteiger charge is -2.06. The predicted octanol–water partition coefficient (Wildman–Crippen LogP) is 1.78. The van der Waals surface area contributed by atoms with Crippen LogP contribution in [0.3, 0.4) is 0 Å². The van der Waals surface area contributed by atoms with Gasteiger partial charge in [0.2, 0.25) is 11.8 Å². The van der Waals surface area contributed by atoms with E-state index in [-0.39, 0.29) is 11.6 Å². The van der Waals surface area contributed by atoms with Crippen LogP contribution in [0.5, 0.6) is 0 Å². The van der Waals surface area contributed by atoms with Crippen molar-refractivity contribution in [1.82, 2.24) is 4.98 Å². The van der Waals surface area contributed by atoms with Crippen molar-refractivity contribution in [2.45, 2.75) is 17.9 Å². The van der Waals surface area contributed by atoms with Crippen molar-refractivity contribution in [3.8, 4) is 11.5 Å². The average Bonchev–Trinajstić information content (AvgIpc) is 2.86. The van der Waals surface area contributed by atoms with Crippen LogP contribution in [0.1, 0.15) is 12.6 Å². The van der Waals surface area contributed by atoms with Gasteiger partial charge in [-0.3, -0.25) is 4.79 Å². The monoisotopic (exact) mass is 328 g/mol. The zero-order chi connectivity index (χ0) is 15.6. The van der Waals surface area contributed by atoms with E-state index in [1.54, 1.807) is 24.3 Å². The van der Waals surface area contributed by atoms with Crippen molar-refractivity contribution >= 4 is 27.3 Å². The lowest BCUT2D eigenvalue weighted by atomic mass is 10.2. The Balaban J connectivity index is 2.21. The van der Waals surface area contributed by atoms with E-state index in [2.05, 4.69) is 4.98 Å². The van der Waals surface area contributed by atoms with Gasteiger partial charge in [0.1, 0.15) is 11.5 Å². The van der Waals surface area contributed by atoms with Crippen molar-refractivity contribution in [3.63, 3.8) is 0 Å².